The molecule has 1 N–H and O–H groups in total. The first-order valence-corrected chi connectivity index (χ1v) is 8.80. The fourth-order valence-electron chi connectivity index (χ4n) is 3.28. The maximum absolute atomic E-state index is 4.84. The van der Waals surface area contributed by atoms with Gasteiger partial charge in [0.05, 0.1) is 5.84 Å². The average Bonchev–Trinajstić information content (AvgIpc) is 2.89. The first-order chi connectivity index (χ1) is 11.4. The van der Waals surface area contributed by atoms with Crippen LogP contribution < -0.4 is 5.32 Å². The van der Waals surface area contributed by atoms with Gasteiger partial charge in [-0.15, -0.1) is 0 Å². The standard InChI is InChI=1S/C21H26N2/c1-4-10-18(11-5-1)20(19-12-6-2-7-13-19)15-17-23-21-14-8-3-9-16-22-21/h1-2,4-7,10-13,20H,3,8-9,14-17H2,(H,22,23). The molecule has 0 unspecified atom stereocenters. The van der Waals surface area contributed by atoms with Crippen LogP contribution in [-0.4, -0.2) is 18.9 Å². The van der Waals surface area contributed by atoms with Crippen molar-refractivity contribution in [3.8, 4) is 0 Å². The molecule has 0 radical (unpaired) electrons. The van der Waals surface area contributed by atoms with Gasteiger partial charge in [-0.05, 0) is 30.4 Å². The maximum atomic E-state index is 4.84. The second-order valence-electron chi connectivity index (χ2n) is 6.23. The molecule has 0 saturated carbocycles. The van der Waals surface area contributed by atoms with Crippen LogP contribution in [0.4, 0.5) is 0 Å². The minimum absolute atomic E-state index is 0.424. The Hall–Kier alpha value is -2.09. The van der Waals surface area contributed by atoms with Gasteiger partial charge in [0.1, 0.15) is 0 Å². The number of nitrogens with one attached hydrogen (secondary N) is 1. The fourth-order valence-corrected chi connectivity index (χ4v) is 3.28. The molecule has 0 spiro atoms. The lowest BCUT2D eigenvalue weighted by Gasteiger charge is -2.17. The van der Waals surface area contributed by atoms with E-state index in [2.05, 4.69) is 66.0 Å². The van der Waals surface area contributed by atoms with Crippen molar-refractivity contribution in [3.05, 3.63) is 71.8 Å². The molecule has 2 aromatic rings. The van der Waals surface area contributed by atoms with E-state index in [0.29, 0.717) is 5.92 Å². The molecule has 0 aromatic heterocycles. The first kappa shape index (κ1) is 15.8. The van der Waals surface area contributed by atoms with Crippen molar-refractivity contribution in [2.24, 2.45) is 4.99 Å². The summed E-state index contributed by atoms with van der Waals surface area (Å²) in [5, 5.41) is 3.48. The van der Waals surface area contributed by atoms with Crippen LogP contribution >= 0.6 is 0 Å². The Morgan fingerprint density at radius 2 is 1.48 bits per heavy atom. The average molecular weight is 306 g/mol. The van der Waals surface area contributed by atoms with Gasteiger partial charge >= 0.3 is 0 Å². The summed E-state index contributed by atoms with van der Waals surface area (Å²) in [7, 11) is 0. The van der Waals surface area contributed by atoms with Gasteiger partial charge in [0.2, 0.25) is 0 Å². The number of benzene rings is 2. The van der Waals surface area contributed by atoms with Gasteiger partial charge in [-0.3, -0.25) is 4.99 Å². The minimum atomic E-state index is 0.424. The van der Waals surface area contributed by atoms with E-state index in [1.807, 2.05) is 0 Å². The summed E-state index contributed by atoms with van der Waals surface area (Å²) in [6, 6.07) is 21.6. The Bertz CT molecular complexity index is 555. The predicted molar refractivity (Wildman–Crippen MR) is 98.1 cm³/mol. The number of aliphatic imine (C=N–C) groups is 1. The second-order valence-corrected chi connectivity index (χ2v) is 6.23. The predicted octanol–water partition coefficient (Wildman–Crippen LogP) is 4.77. The highest BCUT2D eigenvalue weighted by molar-refractivity contribution is 5.82. The summed E-state index contributed by atoms with van der Waals surface area (Å²) in [4.78, 5) is 4.84. The summed E-state index contributed by atoms with van der Waals surface area (Å²) in [6.07, 6.45) is 6.03. The lowest BCUT2D eigenvalue weighted by molar-refractivity contribution is 0.720. The van der Waals surface area contributed by atoms with Gasteiger partial charge in [0.15, 0.2) is 0 Å². The highest BCUT2D eigenvalue weighted by Gasteiger charge is 2.13. The van der Waals surface area contributed by atoms with Crippen molar-refractivity contribution in [1.82, 2.24) is 5.32 Å². The molecule has 1 aliphatic rings. The van der Waals surface area contributed by atoms with E-state index in [1.54, 1.807) is 0 Å². The molecular weight excluding hydrogens is 280 g/mol. The van der Waals surface area contributed by atoms with Crippen LogP contribution in [0.3, 0.4) is 0 Å². The Kier molecular flexibility index (Phi) is 5.85. The zero-order chi connectivity index (χ0) is 15.7. The third-order valence-corrected chi connectivity index (χ3v) is 4.54. The zero-order valence-electron chi connectivity index (χ0n) is 13.7. The summed E-state index contributed by atoms with van der Waals surface area (Å²) in [6.45, 7) is 1.97. The smallest absolute Gasteiger partial charge is 0.0963 e. The lowest BCUT2D eigenvalue weighted by atomic mass is 9.88. The van der Waals surface area contributed by atoms with Gasteiger partial charge in [-0.2, -0.15) is 0 Å². The fraction of sp³-hybridized carbons (Fsp3) is 0.381. The molecule has 3 rings (SSSR count). The molecular formula is C21H26N2. The molecule has 1 aliphatic heterocycles. The Balaban J connectivity index is 1.70. The van der Waals surface area contributed by atoms with Crippen LogP contribution in [0.15, 0.2) is 65.7 Å². The van der Waals surface area contributed by atoms with Crippen molar-refractivity contribution < 1.29 is 0 Å². The van der Waals surface area contributed by atoms with Crippen LogP contribution in [-0.2, 0) is 0 Å². The highest BCUT2D eigenvalue weighted by Crippen LogP contribution is 2.27. The molecule has 1 saturated heterocycles. The molecule has 120 valence electrons. The minimum Gasteiger partial charge on any atom is -0.374 e. The van der Waals surface area contributed by atoms with Crippen molar-refractivity contribution in [1.29, 1.82) is 0 Å². The van der Waals surface area contributed by atoms with E-state index in [4.69, 9.17) is 4.99 Å². The normalized spacial score (nSPS) is 17.0. The van der Waals surface area contributed by atoms with E-state index in [0.717, 1.165) is 25.9 Å². The van der Waals surface area contributed by atoms with Gasteiger partial charge in [-0.25, -0.2) is 0 Å². The van der Waals surface area contributed by atoms with Crippen LogP contribution in [0, 0.1) is 0 Å². The molecule has 0 bridgehead atoms. The van der Waals surface area contributed by atoms with Crippen molar-refractivity contribution >= 4 is 5.84 Å². The van der Waals surface area contributed by atoms with Gasteiger partial charge < -0.3 is 5.32 Å². The number of nitrogens with zero attached hydrogens (tertiary/aromatic N) is 1. The summed E-state index contributed by atoms with van der Waals surface area (Å²) in [5.41, 5.74) is 2.76. The molecule has 0 aliphatic carbocycles. The SMILES string of the molecule is c1ccc(C(CCN=C2CCCCCN2)c2ccccc2)cc1. The van der Waals surface area contributed by atoms with Crippen molar-refractivity contribution in [3.63, 3.8) is 0 Å². The van der Waals surface area contributed by atoms with Crippen molar-refractivity contribution in [2.45, 2.75) is 38.0 Å². The van der Waals surface area contributed by atoms with E-state index in [9.17, 15) is 0 Å². The van der Waals surface area contributed by atoms with Crippen molar-refractivity contribution in [2.75, 3.05) is 13.1 Å². The molecule has 2 aromatic carbocycles. The Labute approximate surface area is 139 Å². The summed E-state index contributed by atoms with van der Waals surface area (Å²) in [5.74, 6) is 1.63. The van der Waals surface area contributed by atoms with Crippen LogP contribution in [0.25, 0.3) is 0 Å². The third-order valence-electron chi connectivity index (χ3n) is 4.54. The molecule has 1 heterocycles. The quantitative estimate of drug-likeness (QED) is 0.845. The molecule has 0 amide bonds. The largest absolute Gasteiger partial charge is 0.374 e. The van der Waals surface area contributed by atoms with Crippen LogP contribution in [0.1, 0.15) is 49.1 Å². The molecule has 2 nitrogen and oxygen atoms in total. The van der Waals surface area contributed by atoms with E-state index < -0.39 is 0 Å². The Morgan fingerprint density at radius 1 is 0.826 bits per heavy atom. The summed E-state index contributed by atoms with van der Waals surface area (Å²) >= 11 is 0. The topological polar surface area (TPSA) is 24.4 Å². The first-order valence-electron chi connectivity index (χ1n) is 8.80. The lowest BCUT2D eigenvalue weighted by Crippen LogP contribution is -2.22. The van der Waals surface area contributed by atoms with Crippen LogP contribution in [0.5, 0.6) is 0 Å². The van der Waals surface area contributed by atoms with Gasteiger partial charge in [0.25, 0.3) is 0 Å². The summed E-state index contributed by atoms with van der Waals surface area (Å²) < 4.78 is 0. The number of hydrogen-bond donors (Lipinski definition) is 1. The number of hydrogen-bond acceptors (Lipinski definition) is 1. The monoisotopic (exact) mass is 306 g/mol. The third kappa shape index (κ3) is 4.69. The van der Waals surface area contributed by atoms with Gasteiger partial charge in [0, 0.05) is 25.4 Å². The van der Waals surface area contributed by atoms with Crippen LogP contribution in [0.2, 0.25) is 0 Å². The maximum Gasteiger partial charge on any atom is 0.0963 e. The molecule has 2 heteroatoms. The van der Waals surface area contributed by atoms with Gasteiger partial charge in [-0.1, -0.05) is 67.1 Å². The highest BCUT2D eigenvalue weighted by atomic mass is 15.0. The molecule has 0 atom stereocenters. The number of amidine groups is 1. The zero-order valence-corrected chi connectivity index (χ0v) is 13.7. The molecule has 1 fully saturated rings. The Morgan fingerprint density at radius 3 is 2.13 bits per heavy atom. The second kappa shape index (κ2) is 8.52. The van der Waals surface area contributed by atoms with E-state index in [1.165, 1.54) is 36.2 Å². The van der Waals surface area contributed by atoms with E-state index in [-0.39, 0.29) is 0 Å². The number of rotatable bonds is 5. The molecule has 23 heavy (non-hydrogen) atoms. The van der Waals surface area contributed by atoms with E-state index >= 15 is 0 Å².